The van der Waals surface area contributed by atoms with E-state index in [2.05, 4.69) is 35.7 Å². The minimum Gasteiger partial charge on any atom is -0.395 e. The summed E-state index contributed by atoms with van der Waals surface area (Å²) in [4.78, 5) is 16.2. The molecule has 3 N–H and O–H groups in total. The summed E-state index contributed by atoms with van der Waals surface area (Å²) in [6.07, 6.45) is -0.494. The largest absolute Gasteiger partial charge is 0.416 e. The summed E-state index contributed by atoms with van der Waals surface area (Å²) in [6, 6.07) is 8.09. The van der Waals surface area contributed by atoms with Crippen molar-refractivity contribution in [2.75, 3.05) is 55.0 Å². The maximum absolute atomic E-state index is 14.3. The van der Waals surface area contributed by atoms with Crippen LogP contribution in [0.1, 0.15) is 11.3 Å². The second kappa shape index (κ2) is 11.3. The summed E-state index contributed by atoms with van der Waals surface area (Å²) in [7, 11) is 0. The average molecular weight is 504 g/mol. The number of nitrogens with one attached hydrogen (secondary N) is 2. The van der Waals surface area contributed by atoms with Crippen molar-refractivity contribution in [1.29, 1.82) is 0 Å². The highest BCUT2D eigenvalue weighted by atomic mass is 19.4. The number of alkyl halides is 3. The number of benzene rings is 1. The van der Waals surface area contributed by atoms with E-state index in [-0.39, 0.29) is 24.1 Å². The van der Waals surface area contributed by atoms with E-state index < -0.39 is 17.6 Å². The number of rotatable bonds is 8. The van der Waals surface area contributed by atoms with Crippen molar-refractivity contribution in [2.24, 2.45) is 5.10 Å². The van der Waals surface area contributed by atoms with Gasteiger partial charge in [-0.1, -0.05) is 6.07 Å². The van der Waals surface area contributed by atoms with Crippen LogP contribution in [0.15, 0.2) is 53.9 Å². The van der Waals surface area contributed by atoms with Crippen LogP contribution in [0.25, 0.3) is 0 Å². The molecule has 0 bridgehead atoms. The van der Waals surface area contributed by atoms with Gasteiger partial charge in [-0.2, -0.15) is 23.3 Å². The van der Waals surface area contributed by atoms with Crippen molar-refractivity contribution in [3.63, 3.8) is 0 Å². The van der Waals surface area contributed by atoms with Gasteiger partial charge < -0.3 is 15.3 Å². The quantitative estimate of drug-likeness (QED) is 0.244. The highest BCUT2D eigenvalue weighted by Gasteiger charge is 2.30. The Balaban J connectivity index is 1.39. The molecule has 1 aromatic carbocycles. The van der Waals surface area contributed by atoms with Crippen LogP contribution in [0.4, 0.5) is 40.7 Å². The van der Waals surface area contributed by atoms with Gasteiger partial charge in [0.2, 0.25) is 5.95 Å². The van der Waals surface area contributed by atoms with E-state index in [4.69, 9.17) is 5.11 Å². The molecule has 13 heteroatoms. The number of aliphatic hydroxyl groups is 1. The first-order chi connectivity index (χ1) is 17.3. The average Bonchev–Trinajstić information content (AvgIpc) is 2.86. The summed E-state index contributed by atoms with van der Waals surface area (Å²) in [5.74, 6) is -0.286. The Morgan fingerprint density at radius 2 is 1.83 bits per heavy atom. The Bertz CT molecular complexity index is 1200. The van der Waals surface area contributed by atoms with Crippen molar-refractivity contribution >= 4 is 29.4 Å². The van der Waals surface area contributed by atoms with Crippen LogP contribution >= 0.6 is 0 Å². The molecule has 3 heterocycles. The molecule has 3 aromatic rings. The number of halogens is 4. The molecular formula is C23H24F4N8O. The smallest absolute Gasteiger partial charge is 0.395 e. The molecule has 0 atom stereocenters. The van der Waals surface area contributed by atoms with E-state index in [0.717, 1.165) is 18.3 Å². The SMILES string of the molecule is OCCN1CCN(c2nc(N/N=C/c3cc(Nc4cccc(C(F)(F)F)c4)ccn3)ncc2F)CC1. The zero-order valence-corrected chi connectivity index (χ0v) is 19.1. The van der Waals surface area contributed by atoms with Crippen LogP contribution in [-0.2, 0) is 6.18 Å². The topological polar surface area (TPSA) is 102 Å². The summed E-state index contributed by atoms with van der Waals surface area (Å²) < 4.78 is 53.2. The fourth-order valence-corrected chi connectivity index (χ4v) is 3.65. The van der Waals surface area contributed by atoms with Crippen molar-refractivity contribution in [3.8, 4) is 0 Å². The van der Waals surface area contributed by atoms with Crippen molar-refractivity contribution < 1.29 is 22.7 Å². The summed E-state index contributed by atoms with van der Waals surface area (Å²) in [5.41, 5.74) is 3.11. The second-order valence-corrected chi connectivity index (χ2v) is 7.96. The van der Waals surface area contributed by atoms with Gasteiger partial charge in [-0.05, 0) is 30.3 Å². The van der Waals surface area contributed by atoms with Gasteiger partial charge in [0.25, 0.3) is 0 Å². The van der Waals surface area contributed by atoms with Crippen LogP contribution in [0.2, 0.25) is 0 Å². The Morgan fingerprint density at radius 1 is 1.06 bits per heavy atom. The Morgan fingerprint density at radius 3 is 2.58 bits per heavy atom. The molecule has 36 heavy (non-hydrogen) atoms. The molecular weight excluding hydrogens is 480 g/mol. The molecule has 2 aromatic heterocycles. The Hall–Kier alpha value is -3.84. The van der Waals surface area contributed by atoms with E-state index in [1.165, 1.54) is 24.5 Å². The molecule has 1 fully saturated rings. The maximum Gasteiger partial charge on any atom is 0.416 e. The number of β-amino-alcohol motifs (C(OH)–C–C–N with tert-alkyl or cyclic N) is 1. The lowest BCUT2D eigenvalue weighted by Gasteiger charge is -2.35. The van der Waals surface area contributed by atoms with Crippen LogP contribution in [-0.4, -0.2) is 70.5 Å². The standard InChI is InChI=1S/C23H24F4N8O/c24-20-15-29-22(32-21(20)35-8-6-34(7-9-35)10-11-36)33-30-14-19-13-18(4-5-28-19)31-17-3-1-2-16(12-17)23(25,26)27/h1-5,12-15,36H,6-11H2,(H,28,31)(H,29,32,33)/b30-14+. The third-order valence-electron chi connectivity index (χ3n) is 5.43. The van der Waals surface area contributed by atoms with E-state index in [1.807, 2.05) is 4.90 Å². The molecule has 190 valence electrons. The van der Waals surface area contributed by atoms with Crippen LogP contribution < -0.4 is 15.6 Å². The lowest BCUT2D eigenvalue weighted by atomic mass is 10.2. The highest BCUT2D eigenvalue weighted by molar-refractivity contribution is 5.79. The minimum atomic E-state index is -4.43. The molecule has 0 spiro atoms. The molecule has 0 radical (unpaired) electrons. The molecule has 0 aliphatic carbocycles. The number of hydrogen-bond donors (Lipinski definition) is 3. The Labute approximate surface area is 204 Å². The number of hydrogen-bond acceptors (Lipinski definition) is 9. The van der Waals surface area contributed by atoms with Crippen LogP contribution in [0.5, 0.6) is 0 Å². The predicted octanol–water partition coefficient (Wildman–Crippen LogP) is 3.33. The monoisotopic (exact) mass is 504 g/mol. The van der Waals surface area contributed by atoms with E-state index in [0.29, 0.717) is 44.1 Å². The molecule has 0 saturated carbocycles. The first kappa shape index (κ1) is 25.3. The first-order valence-electron chi connectivity index (χ1n) is 11.1. The lowest BCUT2D eigenvalue weighted by molar-refractivity contribution is -0.137. The molecule has 0 unspecified atom stereocenters. The second-order valence-electron chi connectivity index (χ2n) is 7.96. The highest BCUT2D eigenvalue weighted by Crippen LogP contribution is 2.31. The number of aromatic nitrogens is 3. The van der Waals surface area contributed by atoms with Gasteiger partial charge in [0, 0.05) is 50.3 Å². The third kappa shape index (κ3) is 6.64. The van der Waals surface area contributed by atoms with Crippen LogP contribution in [0.3, 0.4) is 0 Å². The lowest BCUT2D eigenvalue weighted by Crippen LogP contribution is -2.47. The zero-order chi connectivity index (χ0) is 25.5. The predicted molar refractivity (Wildman–Crippen MR) is 128 cm³/mol. The summed E-state index contributed by atoms with van der Waals surface area (Å²) in [5, 5.41) is 16.0. The first-order valence-corrected chi connectivity index (χ1v) is 11.1. The van der Waals surface area contributed by atoms with Crippen molar-refractivity contribution in [3.05, 3.63) is 65.9 Å². The molecule has 9 nitrogen and oxygen atoms in total. The number of aliphatic hydroxyl groups excluding tert-OH is 1. The van der Waals surface area contributed by atoms with Crippen LogP contribution in [0, 0.1) is 5.82 Å². The minimum absolute atomic E-state index is 0.0764. The van der Waals surface area contributed by atoms with E-state index >= 15 is 0 Å². The number of anilines is 4. The normalized spacial score (nSPS) is 14.9. The Kier molecular flexibility index (Phi) is 7.90. The van der Waals surface area contributed by atoms with E-state index in [9.17, 15) is 17.6 Å². The molecule has 1 aliphatic heterocycles. The maximum atomic E-state index is 14.3. The van der Waals surface area contributed by atoms with E-state index in [1.54, 1.807) is 12.1 Å². The fraction of sp³-hybridized carbons (Fsp3) is 0.304. The number of hydrazone groups is 1. The van der Waals surface area contributed by atoms with Gasteiger partial charge in [0.15, 0.2) is 11.6 Å². The number of piperazine rings is 1. The van der Waals surface area contributed by atoms with Gasteiger partial charge >= 0.3 is 6.18 Å². The summed E-state index contributed by atoms with van der Waals surface area (Å²) in [6.45, 7) is 3.14. The van der Waals surface area contributed by atoms with Gasteiger partial charge in [-0.3, -0.25) is 9.88 Å². The molecule has 1 saturated heterocycles. The van der Waals surface area contributed by atoms with Gasteiger partial charge in [0.05, 0.1) is 30.3 Å². The van der Waals surface area contributed by atoms with Crippen molar-refractivity contribution in [2.45, 2.75) is 6.18 Å². The van der Waals surface area contributed by atoms with Gasteiger partial charge in [-0.15, -0.1) is 0 Å². The van der Waals surface area contributed by atoms with Gasteiger partial charge in [-0.25, -0.2) is 14.8 Å². The summed E-state index contributed by atoms with van der Waals surface area (Å²) >= 11 is 0. The third-order valence-corrected chi connectivity index (χ3v) is 5.43. The fourth-order valence-electron chi connectivity index (χ4n) is 3.65. The molecule has 4 rings (SSSR count). The zero-order valence-electron chi connectivity index (χ0n) is 19.1. The molecule has 1 aliphatic rings. The number of pyridine rings is 1. The number of nitrogens with zero attached hydrogens (tertiary/aromatic N) is 6. The van der Waals surface area contributed by atoms with Crippen molar-refractivity contribution in [1.82, 2.24) is 19.9 Å². The molecule has 0 amide bonds. The van der Waals surface area contributed by atoms with Gasteiger partial charge in [0.1, 0.15) is 0 Å².